The minimum Gasteiger partial charge on any atom is -0.353 e. The first kappa shape index (κ1) is 18.2. The van der Waals surface area contributed by atoms with Crippen molar-refractivity contribution < 1.29 is 9.59 Å². The Morgan fingerprint density at radius 3 is 2.61 bits per heavy atom. The van der Waals surface area contributed by atoms with Crippen LogP contribution in [0.25, 0.3) is 0 Å². The highest BCUT2D eigenvalue weighted by Gasteiger charge is 2.25. The molecule has 9 heteroatoms. The van der Waals surface area contributed by atoms with Crippen molar-refractivity contribution in [3.63, 3.8) is 0 Å². The number of nitrogens with zero attached hydrogens (tertiary/aromatic N) is 5. The Balaban J connectivity index is 1.40. The Labute approximate surface area is 166 Å². The topological polar surface area (TPSA) is 83.4 Å². The Hall–Kier alpha value is -3.20. The van der Waals surface area contributed by atoms with Gasteiger partial charge in [0.1, 0.15) is 11.6 Å². The summed E-state index contributed by atoms with van der Waals surface area (Å²) in [6.45, 7) is 2.64. The molecule has 1 N–H and O–H groups in total. The summed E-state index contributed by atoms with van der Waals surface area (Å²) >= 11 is 1.36. The summed E-state index contributed by atoms with van der Waals surface area (Å²) in [5, 5.41) is 8.93. The molecule has 0 radical (unpaired) electrons. The fourth-order valence-electron chi connectivity index (χ4n) is 3.12. The third-order valence-corrected chi connectivity index (χ3v) is 5.49. The van der Waals surface area contributed by atoms with Gasteiger partial charge in [-0.15, -0.1) is 11.3 Å². The van der Waals surface area contributed by atoms with Crippen LogP contribution in [0.5, 0.6) is 0 Å². The molecule has 0 aromatic carbocycles. The number of hydrogen-bond donors (Lipinski definition) is 1. The molecule has 1 aliphatic heterocycles. The average molecular weight is 396 g/mol. The van der Waals surface area contributed by atoms with E-state index >= 15 is 0 Å². The lowest BCUT2D eigenvalue weighted by Gasteiger charge is -2.35. The molecule has 3 aromatic heterocycles. The Morgan fingerprint density at radius 1 is 1.11 bits per heavy atom. The summed E-state index contributed by atoms with van der Waals surface area (Å²) in [6.07, 6.45) is 1.77. The summed E-state index contributed by atoms with van der Waals surface area (Å²) in [7, 11) is 1.71. The van der Waals surface area contributed by atoms with Crippen molar-refractivity contribution in [2.75, 3.05) is 36.4 Å². The second kappa shape index (κ2) is 7.81. The Morgan fingerprint density at radius 2 is 1.93 bits per heavy atom. The minimum atomic E-state index is -0.207. The van der Waals surface area contributed by atoms with Crippen molar-refractivity contribution in [2.45, 2.75) is 0 Å². The average Bonchev–Trinajstić information content (AvgIpc) is 3.39. The van der Waals surface area contributed by atoms with E-state index in [0.717, 1.165) is 18.9 Å². The molecule has 0 saturated carbocycles. The second-order valence-corrected chi connectivity index (χ2v) is 7.38. The van der Waals surface area contributed by atoms with E-state index in [0.29, 0.717) is 29.5 Å². The molecule has 3 aromatic rings. The van der Waals surface area contributed by atoms with Gasteiger partial charge in [-0.3, -0.25) is 14.3 Å². The molecule has 1 saturated heterocycles. The zero-order valence-corrected chi connectivity index (χ0v) is 16.2. The van der Waals surface area contributed by atoms with E-state index in [1.54, 1.807) is 30.3 Å². The quantitative estimate of drug-likeness (QED) is 0.730. The van der Waals surface area contributed by atoms with Crippen molar-refractivity contribution in [1.82, 2.24) is 19.7 Å². The summed E-state index contributed by atoms with van der Waals surface area (Å²) in [6, 6.07) is 11.0. The van der Waals surface area contributed by atoms with E-state index < -0.39 is 0 Å². The van der Waals surface area contributed by atoms with Gasteiger partial charge in [0.05, 0.1) is 4.88 Å². The first-order valence-electron chi connectivity index (χ1n) is 8.96. The summed E-state index contributed by atoms with van der Waals surface area (Å²) < 4.78 is 1.52. The van der Waals surface area contributed by atoms with Crippen LogP contribution in [0.1, 0.15) is 20.2 Å². The van der Waals surface area contributed by atoms with E-state index in [1.165, 1.54) is 16.0 Å². The van der Waals surface area contributed by atoms with E-state index in [9.17, 15) is 9.59 Å². The van der Waals surface area contributed by atoms with Gasteiger partial charge in [0.25, 0.3) is 11.8 Å². The lowest BCUT2D eigenvalue weighted by molar-refractivity contribution is 0.0739. The third kappa shape index (κ3) is 3.74. The lowest BCUT2D eigenvalue weighted by Crippen LogP contribution is -2.49. The number of thiophene rings is 1. The van der Waals surface area contributed by atoms with Gasteiger partial charge in [-0.2, -0.15) is 5.10 Å². The van der Waals surface area contributed by atoms with Crippen molar-refractivity contribution >= 4 is 34.8 Å². The standard InChI is InChI=1S/C19H20N6O2S/c1-23-17(21-18(26)15-5-4-12-28-15)13-14(22-23)19(27)25-10-8-24(9-11-25)16-6-2-3-7-20-16/h2-7,12-13H,8-11H2,1H3,(H,21,26). The molecule has 0 aliphatic carbocycles. The number of aromatic nitrogens is 3. The molecule has 0 bridgehead atoms. The zero-order chi connectivity index (χ0) is 19.5. The van der Waals surface area contributed by atoms with Gasteiger partial charge in [0.2, 0.25) is 0 Å². The number of piperazine rings is 1. The third-order valence-electron chi connectivity index (χ3n) is 4.63. The monoisotopic (exact) mass is 396 g/mol. The number of pyridine rings is 1. The van der Waals surface area contributed by atoms with E-state index in [-0.39, 0.29) is 11.8 Å². The van der Waals surface area contributed by atoms with Crippen LogP contribution in [0.3, 0.4) is 0 Å². The lowest BCUT2D eigenvalue weighted by atomic mass is 10.2. The summed E-state index contributed by atoms with van der Waals surface area (Å²) in [4.78, 5) is 34.0. The van der Waals surface area contributed by atoms with Crippen molar-refractivity contribution in [1.29, 1.82) is 0 Å². The normalized spacial score (nSPS) is 14.2. The van der Waals surface area contributed by atoms with E-state index in [1.807, 2.05) is 29.6 Å². The molecule has 0 atom stereocenters. The molecular formula is C19H20N6O2S. The van der Waals surface area contributed by atoms with Crippen LogP contribution in [0.2, 0.25) is 0 Å². The van der Waals surface area contributed by atoms with E-state index in [4.69, 9.17) is 0 Å². The molecule has 0 unspecified atom stereocenters. The molecule has 0 spiro atoms. The number of carbonyl (C=O) groups excluding carboxylic acids is 2. The van der Waals surface area contributed by atoms with Gasteiger partial charge < -0.3 is 15.1 Å². The molecule has 1 aliphatic rings. The molecule has 4 heterocycles. The van der Waals surface area contributed by atoms with Gasteiger partial charge >= 0.3 is 0 Å². The number of anilines is 2. The molecule has 4 rings (SSSR count). The summed E-state index contributed by atoms with van der Waals surface area (Å²) in [5.74, 6) is 1.08. The van der Waals surface area contributed by atoms with Crippen LogP contribution >= 0.6 is 11.3 Å². The zero-order valence-electron chi connectivity index (χ0n) is 15.4. The van der Waals surface area contributed by atoms with Crippen molar-refractivity contribution in [3.05, 3.63) is 58.5 Å². The second-order valence-electron chi connectivity index (χ2n) is 6.44. The number of aryl methyl sites for hydroxylation is 1. The smallest absolute Gasteiger partial charge is 0.274 e. The summed E-state index contributed by atoms with van der Waals surface area (Å²) in [5.41, 5.74) is 0.329. The van der Waals surface area contributed by atoms with Gasteiger partial charge in [-0.1, -0.05) is 12.1 Å². The number of hydrogen-bond acceptors (Lipinski definition) is 6. The van der Waals surface area contributed by atoms with Gasteiger partial charge in [0, 0.05) is 45.5 Å². The SMILES string of the molecule is Cn1nc(C(=O)N2CCN(c3ccccn3)CC2)cc1NC(=O)c1cccs1. The highest BCUT2D eigenvalue weighted by molar-refractivity contribution is 7.12. The maximum Gasteiger partial charge on any atom is 0.274 e. The number of rotatable bonds is 4. The van der Waals surface area contributed by atoms with Gasteiger partial charge in [0.15, 0.2) is 5.69 Å². The predicted octanol–water partition coefficient (Wildman–Crippen LogP) is 2.09. The number of carbonyl (C=O) groups is 2. The molecule has 28 heavy (non-hydrogen) atoms. The molecule has 2 amide bonds. The molecule has 1 fully saturated rings. The van der Waals surface area contributed by atoms with Crippen molar-refractivity contribution in [2.24, 2.45) is 7.05 Å². The van der Waals surface area contributed by atoms with Crippen LogP contribution in [-0.4, -0.2) is 57.7 Å². The number of amides is 2. The molecular weight excluding hydrogens is 376 g/mol. The van der Waals surface area contributed by atoms with Crippen molar-refractivity contribution in [3.8, 4) is 0 Å². The number of nitrogens with one attached hydrogen (secondary N) is 1. The molecule has 144 valence electrons. The predicted molar refractivity (Wildman–Crippen MR) is 108 cm³/mol. The van der Waals surface area contributed by atoms with Crippen LogP contribution < -0.4 is 10.2 Å². The highest BCUT2D eigenvalue weighted by Crippen LogP contribution is 2.17. The van der Waals surface area contributed by atoms with Crippen LogP contribution in [-0.2, 0) is 7.05 Å². The fraction of sp³-hybridized carbons (Fsp3) is 0.263. The fourth-order valence-corrected chi connectivity index (χ4v) is 3.73. The highest BCUT2D eigenvalue weighted by atomic mass is 32.1. The maximum atomic E-state index is 12.8. The van der Waals surface area contributed by atoms with Crippen LogP contribution in [0.15, 0.2) is 48.0 Å². The van der Waals surface area contributed by atoms with Gasteiger partial charge in [-0.05, 0) is 23.6 Å². The first-order chi connectivity index (χ1) is 13.6. The van der Waals surface area contributed by atoms with Gasteiger partial charge in [-0.25, -0.2) is 4.98 Å². The van der Waals surface area contributed by atoms with Crippen LogP contribution in [0, 0.1) is 0 Å². The maximum absolute atomic E-state index is 12.8. The first-order valence-corrected chi connectivity index (χ1v) is 9.84. The Bertz CT molecular complexity index is 962. The molecule has 8 nitrogen and oxygen atoms in total. The Kier molecular flexibility index (Phi) is 5.07. The van der Waals surface area contributed by atoms with Crippen LogP contribution in [0.4, 0.5) is 11.6 Å². The van der Waals surface area contributed by atoms with E-state index in [2.05, 4.69) is 20.3 Å². The minimum absolute atomic E-state index is 0.132. The largest absolute Gasteiger partial charge is 0.353 e.